The van der Waals surface area contributed by atoms with Crippen LogP contribution in [0.1, 0.15) is 26.5 Å². The molecular formula is C25H18BrCl2N5O3S. The lowest BCUT2D eigenvalue weighted by molar-refractivity contribution is -0.120. The SMILES string of the molecule is O=C(Cc1nnc(NC(=O)c2ccc(Br)cc2)s1)N/N=C\c1ccc(OCc2ccc(Cl)cc2Cl)cc1. The number of carbonyl (C=O) groups excluding carboxylic acids is 2. The summed E-state index contributed by atoms with van der Waals surface area (Å²) in [6.07, 6.45) is 1.49. The van der Waals surface area contributed by atoms with Gasteiger partial charge in [-0.25, -0.2) is 5.43 Å². The summed E-state index contributed by atoms with van der Waals surface area (Å²) in [6, 6.07) is 19.3. The average Bonchev–Trinajstić information content (AvgIpc) is 3.31. The van der Waals surface area contributed by atoms with E-state index in [0.717, 1.165) is 26.9 Å². The normalized spacial score (nSPS) is 10.9. The van der Waals surface area contributed by atoms with Crippen molar-refractivity contribution in [2.45, 2.75) is 13.0 Å². The van der Waals surface area contributed by atoms with Crippen molar-refractivity contribution >= 4 is 73.6 Å². The minimum atomic E-state index is -0.363. The summed E-state index contributed by atoms with van der Waals surface area (Å²) in [5.74, 6) is -0.0149. The molecule has 3 aromatic carbocycles. The minimum Gasteiger partial charge on any atom is -0.489 e. The third-order valence-corrected chi connectivity index (χ3v) is 6.75. The highest BCUT2D eigenvalue weighted by atomic mass is 79.9. The van der Waals surface area contributed by atoms with Crippen LogP contribution in [0.15, 0.2) is 76.3 Å². The maximum absolute atomic E-state index is 12.3. The summed E-state index contributed by atoms with van der Waals surface area (Å²) in [6.45, 7) is 0.306. The number of nitrogens with zero attached hydrogens (tertiary/aromatic N) is 3. The molecule has 0 atom stereocenters. The number of rotatable bonds is 9. The second-order valence-corrected chi connectivity index (χ2v) is 10.3. The number of aromatic nitrogens is 2. The highest BCUT2D eigenvalue weighted by Crippen LogP contribution is 2.23. The van der Waals surface area contributed by atoms with Gasteiger partial charge in [0.15, 0.2) is 0 Å². The fourth-order valence-electron chi connectivity index (χ4n) is 2.95. The van der Waals surface area contributed by atoms with Crippen LogP contribution < -0.4 is 15.5 Å². The second kappa shape index (κ2) is 12.8. The Morgan fingerprint density at radius 3 is 2.51 bits per heavy atom. The third-order valence-electron chi connectivity index (χ3n) is 4.80. The lowest BCUT2D eigenvalue weighted by Gasteiger charge is -2.08. The molecule has 4 aromatic rings. The second-order valence-electron chi connectivity index (χ2n) is 7.53. The van der Waals surface area contributed by atoms with E-state index in [9.17, 15) is 9.59 Å². The quantitative estimate of drug-likeness (QED) is 0.173. The first-order valence-electron chi connectivity index (χ1n) is 10.7. The van der Waals surface area contributed by atoms with Crippen molar-refractivity contribution in [2.75, 3.05) is 5.32 Å². The molecule has 0 radical (unpaired) electrons. The number of hydrogen-bond acceptors (Lipinski definition) is 7. The summed E-state index contributed by atoms with van der Waals surface area (Å²) in [5, 5.41) is 16.4. The molecule has 0 aliphatic carbocycles. The van der Waals surface area contributed by atoms with Gasteiger partial charge in [0, 0.05) is 25.6 Å². The maximum Gasteiger partial charge on any atom is 0.257 e. The Balaban J connectivity index is 1.22. The summed E-state index contributed by atoms with van der Waals surface area (Å²) >= 11 is 16.5. The van der Waals surface area contributed by atoms with E-state index >= 15 is 0 Å². The van der Waals surface area contributed by atoms with E-state index in [-0.39, 0.29) is 18.2 Å². The molecule has 0 spiro atoms. The van der Waals surface area contributed by atoms with E-state index in [4.69, 9.17) is 27.9 Å². The summed E-state index contributed by atoms with van der Waals surface area (Å²) in [4.78, 5) is 24.5. The van der Waals surface area contributed by atoms with Gasteiger partial charge in [-0.1, -0.05) is 56.5 Å². The first-order valence-corrected chi connectivity index (χ1v) is 13.1. The van der Waals surface area contributed by atoms with Crippen molar-refractivity contribution in [3.8, 4) is 5.75 Å². The van der Waals surface area contributed by atoms with E-state index in [1.54, 1.807) is 60.7 Å². The predicted molar refractivity (Wildman–Crippen MR) is 149 cm³/mol. The molecule has 8 nitrogen and oxygen atoms in total. The fraction of sp³-hybridized carbons (Fsp3) is 0.0800. The number of nitrogens with one attached hydrogen (secondary N) is 2. The van der Waals surface area contributed by atoms with Gasteiger partial charge in [0.05, 0.1) is 12.6 Å². The van der Waals surface area contributed by atoms with Gasteiger partial charge in [-0.05, 0) is 66.2 Å². The Morgan fingerprint density at radius 1 is 1.03 bits per heavy atom. The molecule has 0 aliphatic heterocycles. The third kappa shape index (κ3) is 8.09. The van der Waals surface area contributed by atoms with E-state index in [1.807, 2.05) is 6.07 Å². The number of carbonyl (C=O) groups is 2. The summed E-state index contributed by atoms with van der Waals surface area (Å²) < 4.78 is 6.62. The molecule has 4 rings (SSSR count). The van der Waals surface area contributed by atoms with Crippen molar-refractivity contribution in [1.82, 2.24) is 15.6 Å². The van der Waals surface area contributed by atoms with Gasteiger partial charge in [0.2, 0.25) is 11.0 Å². The largest absolute Gasteiger partial charge is 0.489 e. The lowest BCUT2D eigenvalue weighted by Crippen LogP contribution is -2.19. The molecule has 2 N–H and O–H groups in total. The molecule has 37 heavy (non-hydrogen) atoms. The van der Waals surface area contributed by atoms with Gasteiger partial charge in [-0.2, -0.15) is 5.10 Å². The Bertz CT molecular complexity index is 1430. The number of ether oxygens (including phenoxy) is 1. The highest BCUT2D eigenvalue weighted by molar-refractivity contribution is 9.10. The van der Waals surface area contributed by atoms with Crippen molar-refractivity contribution in [1.29, 1.82) is 0 Å². The van der Waals surface area contributed by atoms with Crippen LogP contribution in [0.2, 0.25) is 10.0 Å². The van der Waals surface area contributed by atoms with Gasteiger partial charge >= 0.3 is 0 Å². The predicted octanol–water partition coefficient (Wildman–Crippen LogP) is 6.13. The van der Waals surface area contributed by atoms with Crippen LogP contribution in [0.25, 0.3) is 0 Å². The molecule has 0 fully saturated rings. The van der Waals surface area contributed by atoms with Crippen molar-refractivity contribution in [3.63, 3.8) is 0 Å². The van der Waals surface area contributed by atoms with Crippen molar-refractivity contribution in [2.24, 2.45) is 5.10 Å². The number of halogens is 3. The van der Waals surface area contributed by atoms with Crippen LogP contribution in [-0.4, -0.2) is 28.2 Å². The zero-order chi connectivity index (χ0) is 26.2. The van der Waals surface area contributed by atoms with Crippen LogP contribution in [-0.2, 0) is 17.8 Å². The van der Waals surface area contributed by atoms with Crippen molar-refractivity contribution in [3.05, 3.63) is 103 Å². The fourth-order valence-corrected chi connectivity index (χ4v) is 4.41. The van der Waals surface area contributed by atoms with Gasteiger partial charge in [0.1, 0.15) is 17.4 Å². The van der Waals surface area contributed by atoms with Crippen molar-refractivity contribution < 1.29 is 14.3 Å². The number of benzene rings is 3. The molecule has 1 aromatic heterocycles. The van der Waals surface area contributed by atoms with Gasteiger partial charge < -0.3 is 4.74 Å². The van der Waals surface area contributed by atoms with Crippen LogP contribution in [0, 0.1) is 0 Å². The Hall–Kier alpha value is -3.31. The monoisotopic (exact) mass is 617 g/mol. The average molecular weight is 619 g/mol. The molecule has 12 heteroatoms. The Labute approximate surface area is 234 Å². The maximum atomic E-state index is 12.3. The zero-order valence-electron chi connectivity index (χ0n) is 19.0. The molecule has 0 aliphatic rings. The van der Waals surface area contributed by atoms with Gasteiger partial charge in [0.25, 0.3) is 5.91 Å². The molecule has 0 saturated heterocycles. The first kappa shape index (κ1) is 26.7. The van der Waals surface area contributed by atoms with E-state index in [2.05, 4.69) is 42.0 Å². The zero-order valence-corrected chi connectivity index (χ0v) is 22.9. The topological polar surface area (TPSA) is 106 Å². The van der Waals surface area contributed by atoms with Crippen LogP contribution in [0.3, 0.4) is 0 Å². The molecule has 188 valence electrons. The number of amides is 2. The van der Waals surface area contributed by atoms with E-state index < -0.39 is 0 Å². The van der Waals surface area contributed by atoms with Gasteiger partial charge in [-0.3, -0.25) is 14.9 Å². The Kier molecular flexibility index (Phi) is 9.24. The van der Waals surface area contributed by atoms with E-state index in [1.165, 1.54) is 6.21 Å². The molecule has 0 saturated carbocycles. The standard InChI is InChI=1S/C25H18BrCl2N5O3S/c26-18-6-3-16(4-7-18)24(35)30-25-33-32-23(37-25)12-22(34)31-29-13-15-1-9-20(10-2-15)36-14-17-5-8-19(27)11-21(17)28/h1-11,13H,12,14H2,(H,31,34)(H,30,33,35)/b29-13-. The minimum absolute atomic E-state index is 0.0246. The first-order chi connectivity index (χ1) is 17.9. The summed E-state index contributed by atoms with van der Waals surface area (Å²) in [5.41, 5.74) is 4.53. The lowest BCUT2D eigenvalue weighted by atomic mass is 10.2. The molecule has 0 unspecified atom stereocenters. The van der Waals surface area contributed by atoms with Crippen LogP contribution in [0.5, 0.6) is 5.75 Å². The molecule has 1 heterocycles. The number of hydrogen-bond donors (Lipinski definition) is 2. The highest BCUT2D eigenvalue weighted by Gasteiger charge is 2.12. The summed E-state index contributed by atoms with van der Waals surface area (Å²) in [7, 11) is 0. The smallest absolute Gasteiger partial charge is 0.257 e. The molecule has 2 amide bonds. The molecule has 0 bridgehead atoms. The van der Waals surface area contributed by atoms with E-state index in [0.29, 0.717) is 38.1 Å². The van der Waals surface area contributed by atoms with Gasteiger partial charge in [-0.15, -0.1) is 10.2 Å². The Morgan fingerprint density at radius 2 is 1.78 bits per heavy atom. The van der Waals surface area contributed by atoms with Crippen LogP contribution >= 0.6 is 50.5 Å². The number of hydrazone groups is 1. The molecular weight excluding hydrogens is 601 g/mol. The van der Waals surface area contributed by atoms with Crippen LogP contribution in [0.4, 0.5) is 5.13 Å². The number of anilines is 1.